The summed E-state index contributed by atoms with van der Waals surface area (Å²) >= 11 is 0. The first-order valence-corrected chi connectivity index (χ1v) is 10.7. The number of hydrogen-bond acceptors (Lipinski definition) is 2. The number of nitrogens with two attached hydrogens (primary N) is 1. The van der Waals surface area contributed by atoms with Crippen molar-refractivity contribution in [3.63, 3.8) is 0 Å². The van der Waals surface area contributed by atoms with Gasteiger partial charge in [0.25, 0.3) is 0 Å². The van der Waals surface area contributed by atoms with Crippen LogP contribution in [-0.2, 0) is 4.79 Å². The molecular weight excluding hydrogens is 320 g/mol. The van der Waals surface area contributed by atoms with E-state index in [0.29, 0.717) is 19.5 Å². The Morgan fingerprint density at radius 3 is 1.88 bits per heavy atom. The van der Waals surface area contributed by atoms with Crippen molar-refractivity contribution in [2.45, 2.75) is 103 Å². The summed E-state index contributed by atoms with van der Waals surface area (Å²) in [5.41, 5.74) is 5.38. The maximum absolute atomic E-state index is 11.5. The molecule has 0 aliphatic heterocycles. The van der Waals surface area contributed by atoms with Crippen molar-refractivity contribution in [2.75, 3.05) is 13.1 Å². The standard InChI is InChI=1S/C23H40N2O/c1-2-3-4-5-6-7-8-9-10-11-12-13-14-15-16-17-18-20-23(26)25-22-19-21-24/h2-12,17-22,24H2,1H3,(H,25,26). The lowest BCUT2D eigenvalue weighted by Gasteiger charge is -2.01. The Kier molecular flexibility index (Phi) is 20.4. The second-order valence-corrected chi connectivity index (χ2v) is 6.88. The van der Waals surface area contributed by atoms with Gasteiger partial charge in [-0.1, -0.05) is 76.6 Å². The monoisotopic (exact) mass is 360 g/mol. The first-order chi connectivity index (χ1) is 12.8. The second kappa shape index (κ2) is 21.6. The molecule has 0 saturated heterocycles. The van der Waals surface area contributed by atoms with Crippen LogP contribution in [0.2, 0.25) is 0 Å². The van der Waals surface area contributed by atoms with E-state index in [9.17, 15) is 4.79 Å². The lowest BCUT2D eigenvalue weighted by Crippen LogP contribution is -2.25. The summed E-state index contributed by atoms with van der Waals surface area (Å²) < 4.78 is 0. The molecule has 0 aromatic carbocycles. The molecule has 0 radical (unpaired) electrons. The van der Waals surface area contributed by atoms with Crippen LogP contribution in [0.15, 0.2) is 0 Å². The highest BCUT2D eigenvalue weighted by molar-refractivity contribution is 5.75. The number of unbranched alkanes of at least 4 members (excludes halogenated alkanes) is 11. The minimum absolute atomic E-state index is 0.0901. The lowest BCUT2D eigenvalue weighted by molar-refractivity contribution is -0.121. The lowest BCUT2D eigenvalue weighted by atomic mass is 10.1. The minimum Gasteiger partial charge on any atom is -0.356 e. The fourth-order valence-electron chi connectivity index (χ4n) is 2.67. The normalized spacial score (nSPS) is 9.77. The maximum atomic E-state index is 11.5. The van der Waals surface area contributed by atoms with Crippen molar-refractivity contribution in [1.82, 2.24) is 5.32 Å². The molecule has 3 nitrogen and oxygen atoms in total. The fraction of sp³-hybridized carbons (Fsp3) is 0.783. The summed E-state index contributed by atoms with van der Waals surface area (Å²) in [5.74, 6) is 12.1. The first-order valence-electron chi connectivity index (χ1n) is 10.7. The van der Waals surface area contributed by atoms with Crippen LogP contribution < -0.4 is 11.1 Å². The molecule has 0 spiro atoms. The van der Waals surface area contributed by atoms with Crippen molar-refractivity contribution < 1.29 is 4.79 Å². The zero-order chi connectivity index (χ0) is 19.1. The Balaban J connectivity index is 3.35. The molecule has 0 aliphatic rings. The summed E-state index contributed by atoms with van der Waals surface area (Å²) in [6, 6.07) is 0. The highest BCUT2D eigenvalue weighted by Gasteiger charge is 1.98. The van der Waals surface area contributed by atoms with Gasteiger partial charge in [0.2, 0.25) is 5.91 Å². The molecule has 0 aliphatic carbocycles. The van der Waals surface area contributed by atoms with Gasteiger partial charge in [-0.05, 0) is 37.6 Å². The molecule has 0 atom stereocenters. The van der Waals surface area contributed by atoms with Crippen LogP contribution >= 0.6 is 0 Å². The maximum Gasteiger partial charge on any atom is 0.220 e. The van der Waals surface area contributed by atoms with Gasteiger partial charge in [-0.2, -0.15) is 0 Å². The second-order valence-electron chi connectivity index (χ2n) is 6.88. The zero-order valence-electron chi connectivity index (χ0n) is 17.0. The van der Waals surface area contributed by atoms with Crippen LogP contribution in [0.3, 0.4) is 0 Å². The van der Waals surface area contributed by atoms with Crippen molar-refractivity contribution in [3.05, 3.63) is 0 Å². The van der Waals surface area contributed by atoms with Crippen molar-refractivity contribution in [3.8, 4) is 23.7 Å². The number of amides is 1. The highest BCUT2D eigenvalue weighted by Crippen LogP contribution is 2.10. The van der Waals surface area contributed by atoms with Crippen molar-refractivity contribution >= 4 is 5.91 Å². The van der Waals surface area contributed by atoms with Crippen LogP contribution in [0.5, 0.6) is 0 Å². The van der Waals surface area contributed by atoms with E-state index in [-0.39, 0.29) is 5.91 Å². The van der Waals surface area contributed by atoms with Gasteiger partial charge in [0.05, 0.1) is 0 Å². The number of carbonyl (C=O) groups is 1. The fourth-order valence-corrected chi connectivity index (χ4v) is 2.67. The number of nitrogens with one attached hydrogen (secondary N) is 1. The predicted octanol–water partition coefficient (Wildman–Crippen LogP) is 4.94. The third-order valence-electron chi connectivity index (χ3n) is 4.30. The molecule has 0 aromatic rings. The largest absolute Gasteiger partial charge is 0.356 e. The SMILES string of the molecule is CCCCCCCCCCCCC#CC#CCCCC(=O)NCCCN. The summed E-state index contributed by atoms with van der Waals surface area (Å²) in [6.45, 7) is 3.55. The molecular formula is C23H40N2O. The van der Waals surface area contributed by atoms with E-state index < -0.39 is 0 Å². The third kappa shape index (κ3) is 20.6. The predicted molar refractivity (Wildman–Crippen MR) is 113 cm³/mol. The van der Waals surface area contributed by atoms with Crippen molar-refractivity contribution in [1.29, 1.82) is 0 Å². The molecule has 3 N–H and O–H groups in total. The van der Waals surface area contributed by atoms with Gasteiger partial charge in [-0.3, -0.25) is 4.79 Å². The highest BCUT2D eigenvalue weighted by atomic mass is 16.1. The Morgan fingerprint density at radius 2 is 1.31 bits per heavy atom. The smallest absolute Gasteiger partial charge is 0.220 e. The molecule has 0 aromatic heterocycles. The van der Waals surface area contributed by atoms with E-state index in [1.165, 1.54) is 64.2 Å². The summed E-state index contributed by atoms with van der Waals surface area (Å²) in [5, 5.41) is 2.84. The Labute approximate surface area is 162 Å². The molecule has 0 rings (SSSR count). The third-order valence-corrected chi connectivity index (χ3v) is 4.30. The summed E-state index contributed by atoms with van der Waals surface area (Å²) in [6.07, 6.45) is 17.4. The molecule has 0 bridgehead atoms. The number of rotatable bonds is 16. The van der Waals surface area contributed by atoms with Crippen molar-refractivity contribution in [2.24, 2.45) is 5.73 Å². The van der Waals surface area contributed by atoms with Crippen LogP contribution in [0.4, 0.5) is 0 Å². The van der Waals surface area contributed by atoms with Crippen LogP contribution in [-0.4, -0.2) is 19.0 Å². The zero-order valence-corrected chi connectivity index (χ0v) is 17.0. The van der Waals surface area contributed by atoms with Crippen LogP contribution in [0, 0.1) is 23.7 Å². The number of carbonyl (C=O) groups excluding carboxylic acids is 1. The molecule has 0 heterocycles. The molecule has 0 fully saturated rings. The van der Waals surface area contributed by atoms with E-state index in [1.807, 2.05) is 0 Å². The molecule has 3 heteroatoms. The van der Waals surface area contributed by atoms with Gasteiger partial charge in [0.1, 0.15) is 0 Å². The van der Waals surface area contributed by atoms with E-state index in [2.05, 4.69) is 35.9 Å². The summed E-state index contributed by atoms with van der Waals surface area (Å²) in [7, 11) is 0. The average Bonchev–Trinajstić information content (AvgIpc) is 2.64. The first kappa shape index (κ1) is 24.6. The molecule has 0 saturated carbocycles. The van der Waals surface area contributed by atoms with E-state index in [1.54, 1.807) is 0 Å². The van der Waals surface area contributed by atoms with Crippen LogP contribution in [0.25, 0.3) is 0 Å². The van der Waals surface area contributed by atoms with Gasteiger partial charge in [-0.25, -0.2) is 0 Å². The van der Waals surface area contributed by atoms with Gasteiger partial charge in [0, 0.05) is 25.8 Å². The van der Waals surface area contributed by atoms with Gasteiger partial charge >= 0.3 is 0 Å². The number of hydrogen-bond donors (Lipinski definition) is 2. The minimum atomic E-state index is 0.0901. The van der Waals surface area contributed by atoms with Gasteiger partial charge in [0.15, 0.2) is 0 Å². The summed E-state index contributed by atoms with van der Waals surface area (Å²) in [4.78, 5) is 11.5. The Bertz CT molecular complexity index is 437. The molecule has 148 valence electrons. The van der Waals surface area contributed by atoms with Gasteiger partial charge in [-0.15, -0.1) is 0 Å². The Morgan fingerprint density at radius 1 is 0.769 bits per heavy atom. The molecule has 0 unspecified atom stereocenters. The van der Waals surface area contributed by atoms with E-state index in [0.717, 1.165) is 25.7 Å². The molecule has 1 amide bonds. The average molecular weight is 361 g/mol. The Hall–Kier alpha value is -1.45. The topological polar surface area (TPSA) is 55.1 Å². The van der Waals surface area contributed by atoms with Gasteiger partial charge < -0.3 is 11.1 Å². The van der Waals surface area contributed by atoms with E-state index in [4.69, 9.17) is 5.73 Å². The quantitative estimate of drug-likeness (QED) is 0.302. The molecule has 26 heavy (non-hydrogen) atoms. The van der Waals surface area contributed by atoms with Crippen LogP contribution in [0.1, 0.15) is 103 Å². The van der Waals surface area contributed by atoms with E-state index >= 15 is 0 Å².